The highest BCUT2D eigenvalue weighted by atomic mass is 35.5. The Labute approximate surface area is 96.5 Å². The molecule has 0 bridgehead atoms. The van der Waals surface area contributed by atoms with Crippen LogP contribution in [0.15, 0.2) is 23.8 Å². The van der Waals surface area contributed by atoms with Crippen LogP contribution in [0.5, 0.6) is 5.75 Å². The average Bonchev–Trinajstić information content (AvgIpc) is 2.51. The van der Waals surface area contributed by atoms with E-state index in [0.29, 0.717) is 11.1 Å². The molecule has 1 saturated heterocycles. The number of phenols is 1. The first kappa shape index (κ1) is 10.7. The molecule has 0 aromatic heterocycles. The summed E-state index contributed by atoms with van der Waals surface area (Å²) < 4.78 is 0. The van der Waals surface area contributed by atoms with E-state index in [1.165, 1.54) is 12.1 Å². The number of hydrogen-bond acceptors (Lipinski definition) is 3. The highest BCUT2D eigenvalue weighted by molar-refractivity contribution is 6.32. The van der Waals surface area contributed by atoms with Gasteiger partial charge in [0.2, 0.25) is 5.91 Å². The predicted molar refractivity (Wildman–Crippen MR) is 58.9 cm³/mol. The van der Waals surface area contributed by atoms with Gasteiger partial charge in [-0.2, -0.15) is 0 Å². The summed E-state index contributed by atoms with van der Waals surface area (Å²) in [5.74, 6) is -0.703. The van der Waals surface area contributed by atoms with Gasteiger partial charge in [-0.05, 0) is 23.8 Å². The van der Waals surface area contributed by atoms with Gasteiger partial charge in [0.1, 0.15) is 5.75 Å². The molecular formula is C11H8ClNO3. The van der Waals surface area contributed by atoms with Crippen molar-refractivity contribution in [2.24, 2.45) is 0 Å². The molecule has 16 heavy (non-hydrogen) atoms. The minimum Gasteiger partial charge on any atom is -0.506 e. The number of aromatic hydroxyl groups is 1. The molecule has 82 valence electrons. The third-order valence-electron chi connectivity index (χ3n) is 2.21. The van der Waals surface area contributed by atoms with Gasteiger partial charge in [0.25, 0.3) is 5.91 Å². The van der Waals surface area contributed by atoms with E-state index >= 15 is 0 Å². The molecule has 2 N–H and O–H groups in total. The van der Waals surface area contributed by atoms with Gasteiger partial charge in [0, 0.05) is 5.57 Å². The van der Waals surface area contributed by atoms with Crippen LogP contribution in [-0.2, 0) is 9.59 Å². The monoisotopic (exact) mass is 237 g/mol. The molecule has 1 aliphatic heterocycles. The summed E-state index contributed by atoms with van der Waals surface area (Å²) in [6, 6.07) is 4.58. The molecule has 1 aromatic carbocycles. The van der Waals surface area contributed by atoms with Crippen molar-refractivity contribution in [3.63, 3.8) is 0 Å². The standard InChI is InChI=1S/C11H8ClNO3/c12-8-4-6(1-2-9(8)14)3-7-5-10(15)13-11(7)16/h1-4,14H,5H2,(H,13,15,16). The summed E-state index contributed by atoms with van der Waals surface area (Å²) in [4.78, 5) is 22.2. The summed E-state index contributed by atoms with van der Waals surface area (Å²) in [6.45, 7) is 0. The summed E-state index contributed by atoms with van der Waals surface area (Å²) in [5, 5.41) is 11.6. The van der Waals surface area contributed by atoms with E-state index in [-0.39, 0.29) is 29.0 Å². The number of hydrogen-bond donors (Lipinski definition) is 2. The lowest BCUT2D eigenvalue weighted by molar-refractivity contribution is -0.124. The second-order valence-electron chi connectivity index (χ2n) is 3.43. The van der Waals surface area contributed by atoms with Crippen LogP contribution in [0.2, 0.25) is 5.02 Å². The molecule has 0 spiro atoms. The molecule has 1 heterocycles. The van der Waals surface area contributed by atoms with Crippen LogP contribution in [0.4, 0.5) is 0 Å². The number of halogens is 1. The highest BCUT2D eigenvalue weighted by Gasteiger charge is 2.23. The van der Waals surface area contributed by atoms with Crippen LogP contribution in [0, 0.1) is 0 Å². The number of rotatable bonds is 1. The van der Waals surface area contributed by atoms with E-state index < -0.39 is 0 Å². The van der Waals surface area contributed by atoms with Gasteiger partial charge >= 0.3 is 0 Å². The number of carbonyl (C=O) groups excluding carboxylic acids is 2. The van der Waals surface area contributed by atoms with Crippen molar-refractivity contribution in [1.82, 2.24) is 5.32 Å². The Balaban J connectivity index is 2.32. The molecule has 0 radical (unpaired) electrons. The maximum absolute atomic E-state index is 11.3. The Morgan fingerprint density at radius 3 is 2.69 bits per heavy atom. The Morgan fingerprint density at radius 2 is 2.12 bits per heavy atom. The lowest BCUT2D eigenvalue weighted by Gasteiger charge is -1.99. The SMILES string of the molecule is O=C1CC(=Cc2ccc(O)c(Cl)c2)C(=O)N1. The van der Waals surface area contributed by atoms with E-state index in [4.69, 9.17) is 11.6 Å². The van der Waals surface area contributed by atoms with Crippen molar-refractivity contribution in [3.05, 3.63) is 34.4 Å². The lowest BCUT2D eigenvalue weighted by Crippen LogP contribution is -2.19. The maximum Gasteiger partial charge on any atom is 0.254 e. The van der Waals surface area contributed by atoms with Crippen molar-refractivity contribution in [2.75, 3.05) is 0 Å². The Bertz CT molecular complexity index is 508. The van der Waals surface area contributed by atoms with E-state index in [2.05, 4.69) is 5.32 Å². The van der Waals surface area contributed by atoms with Gasteiger partial charge in [-0.3, -0.25) is 14.9 Å². The van der Waals surface area contributed by atoms with Gasteiger partial charge in [-0.15, -0.1) is 0 Å². The van der Waals surface area contributed by atoms with Crippen LogP contribution in [-0.4, -0.2) is 16.9 Å². The van der Waals surface area contributed by atoms with Crippen molar-refractivity contribution >= 4 is 29.5 Å². The van der Waals surface area contributed by atoms with Crippen molar-refractivity contribution < 1.29 is 14.7 Å². The Hall–Kier alpha value is -1.81. The summed E-state index contributed by atoms with van der Waals surface area (Å²) in [6.07, 6.45) is 1.66. The van der Waals surface area contributed by atoms with E-state index in [9.17, 15) is 14.7 Å². The van der Waals surface area contributed by atoms with Crippen LogP contribution < -0.4 is 5.32 Å². The molecule has 5 heteroatoms. The van der Waals surface area contributed by atoms with Crippen LogP contribution >= 0.6 is 11.6 Å². The Morgan fingerprint density at radius 1 is 1.38 bits per heavy atom. The summed E-state index contributed by atoms with van der Waals surface area (Å²) in [7, 11) is 0. The number of carbonyl (C=O) groups is 2. The van der Waals surface area contributed by atoms with Crippen molar-refractivity contribution in [3.8, 4) is 5.75 Å². The van der Waals surface area contributed by atoms with E-state index in [1.807, 2.05) is 0 Å². The number of benzene rings is 1. The van der Waals surface area contributed by atoms with Gasteiger partial charge in [-0.1, -0.05) is 17.7 Å². The molecule has 1 fully saturated rings. The topological polar surface area (TPSA) is 66.4 Å². The third kappa shape index (κ3) is 2.06. The van der Waals surface area contributed by atoms with Crippen molar-refractivity contribution in [2.45, 2.75) is 6.42 Å². The first-order valence-corrected chi connectivity index (χ1v) is 4.97. The smallest absolute Gasteiger partial charge is 0.254 e. The average molecular weight is 238 g/mol. The first-order chi connectivity index (χ1) is 7.56. The zero-order valence-corrected chi connectivity index (χ0v) is 8.91. The molecule has 1 aliphatic rings. The van der Waals surface area contributed by atoms with Crippen molar-refractivity contribution in [1.29, 1.82) is 0 Å². The Kier molecular flexibility index (Phi) is 2.66. The van der Waals surface area contributed by atoms with Gasteiger partial charge in [-0.25, -0.2) is 0 Å². The van der Waals surface area contributed by atoms with E-state index in [1.54, 1.807) is 12.1 Å². The largest absolute Gasteiger partial charge is 0.506 e. The van der Waals surface area contributed by atoms with Gasteiger partial charge in [0.05, 0.1) is 11.4 Å². The predicted octanol–water partition coefficient (Wildman–Crippen LogP) is 1.48. The lowest BCUT2D eigenvalue weighted by atomic mass is 10.1. The van der Waals surface area contributed by atoms with Gasteiger partial charge in [0.15, 0.2) is 0 Å². The quantitative estimate of drug-likeness (QED) is 0.574. The highest BCUT2D eigenvalue weighted by Crippen LogP contribution is 2.25. The molecule has 0 aliphatic carbocycles. The third-order valence-corrected chi connectivity index (χ3v) is 2.51. The molecule has 0 atom stereocenters. The minimum atomic E-state index is -0.380. The minimum absolute atomic E-state index is 0.0178. The van der Waals surface area contributed by atoms with Gasteiger partial charge < -0.3 is 5.11 Å². The summed E-state index contributed by atoms with van der Waals surface area (Å²) in [5.41, 5.74) is 1.06. The molecule has 2 amide bonds. The second kappa shape index (κ2) is 3.98. The first-order valence-electron chi connectivity index (χ1n) is 4.59. The van der Waals surface area contributed by atoms with Crippen LogP contribution in [0.1, 0.15) is 12.0 Å². The normalized spacial score (nSPS) is 17.9. The van der Waals surface area contributed by atoms with Crippen LogP contribution in [0.3, 0.4) is 0 Å². The molecule has 1 aromatic rings. The fraction of sp³-hybridized carbons (Fsp3) is 0.0909. The zero-order valence-electron chi connectivity index (χ0n) is 8.16. The fourth-order valence-corrected chi connectivity index (χ4v) is 1.62. The number of imide groups is 1. The molecule has 0 unspecified atom stereocenters. The van der Waals surface area contributed by atoms with Crippen LogP contribution in [0.25, 0.3) is 6.08 Å². The molecule has 0 saturated carbocycles. The molecule has 2 rings (SSSR count). The maximum atomic E-state index is 11.3. The zero-order chi connectivity index (χ0) is 11.7. The molecular weight excluding hydrogens is 230 g/mol. The molecule has 4 nitrogen and oxygen atoms in total. The summed E-state index contributed by atoms with van der Waals surface area (Å²) >= 11 is 5.72. The number of amides is 2. The van der Waals surface area contributed by atoms with E-state index in [0.717, 1.165) is 0 Å². The fourth-order valence-electron chi connectivity index (χ4n) is 1.44. The number of nitrogens with one attached hydrogen (secondary N) is 1. The second-order valence-corrected chi connectivity index (χ2v) is 3.84. The number of phenolic OH excluding ortho intramolecular Hbond substituents is 1.